The number of benzene rings is 2. The van der Waals surface area contributed by atoms with Crippen LogP contribution in [0.15, 0.2) is 64.5 Å². The monoisotopic (exact) mass is 415 g/mol. The average molecular weight is 416 g/mol. The Kier molecular flexibility index (Phi) is 5.60. The number of hydrogen-bond donors (Lipinski definition) is 1. The molecule has 0 spiro atoms. The van der Waals surface area contributed by atoms with Crippen molar-refractivity contribution in [1.82, 2.24) is 9.55 Å². The second kappa shape index (κ2) is 7.89. The Hall–Kier alpha value is -2.05. The van der Waals surface area contributed by atoms with Crippen LogP contribution in [-0.2, 0) is 4.79 Å². The van der Waals surface area contributed by atoms with E-state index >= 15 is 0 Å². The van der Waals surface area contributed by atoms with E-state index in [0.717, 1.165) is 21.0 Å². The predicted molar refractivity (Wildman–Crippen MR) is 107 cm³/mol. The SMILES string of the molecule is Cc1ccc(C)c(-n2ccnc2SCC(=O)Nc2ccccc2Br)c1. The minimum atomic E-state index is -0.0626. The van der Waals surface area contributed by atoms with Crippen LogP contribution in [0.1, 0.15) is 11.1 Å². The number of aryl methyl sites for hydroxylation is 2. The van der Waals surface area contributed by atoms with E-state index in [2.05, 4.69) is 58.3 Å². The second-order valence-corrected chi connectivity index (χ2v) is 7.48. The third kappa shape index (κ3) is 4.32. The number of carbonyl (C=O) groups is 1. The summed E-state index contributed by atoms with van der Waals surface area (Å²) in [5, 5.41) is 3.71. The maximum Gasteiger partial charge on any atom is 0.234 e. The van der Waals surface area contributed by atoms with Crippen molar-refractivity contribution >= 4 is 39.3 Å². The van der Waals surface area contributed by atoms with Crippen molar-refractivity contribution in [3.05, 3.63) is 70.5 Å². The summed E-state index contributed by atoms with van der Waals surface area (Å²) in [5.74, 6) is 0.232. The molecule has 3 rings (SSSR count). The number of carbonyl (C=O) groups excluding carboxylic acids is 1. The Bertz CT molecular complexity index is 907. The highest BCUT2D eigenvalue weighted by Crippen LogP contribution is 2.25. The van der Waals surface area contributed by atoms with Gasteiger partial charge in [-0.1, -0.05) is 36.0 Å². The highest BCUT2D eigenvalue weighted by molar-refractivity contribution is 9.10. The number of nitrogens with one attached hydrogen (secondary N) is 1. The van der Waals surface area contributed by atoms with E-state index in [4.69, 9.17) is 0 Å². The molecule has 0 atom stereocenters. The van der Waals surface area contributed by atoms with Crippen LogP contribution in [0.3, 0.4) is 0 Å². The highest BCUT2D eigenvalue weighted by atomic mass is 79.9. The lowest BCUT2D eigenvalue weighted by molar-refractivity contribution is -0.113. The lowest BCUT2D eigenvalue weighted by Crippen LogP contribution is -2.14. The Morgan fingerprint density at radius 2 is 2.04 bits per heavy atom. The molecule has 1 N–H and O–H groups in total. The fourth-order valence-corrected chi connectivity index (χ4v) is 3.59. The quantitative estimate of drug-likeness (QED) is 0.597. The summed E-state index contributed by atoms with van der Waals surface area (Å²) in [5.41, 5.74) is 4.22. The zero-order valence-corrected chi connectivity index (χ0v) is 16.4. The molecule has 0 saturated carbocycles. The van der Waals surface area contributed by atoms with E-state index in [1.807, 2.05) is 35.0 Å². The molecule has 4 nitrogen and oxygen atoms in total. The smallest absolute Gasteiger partial charge is 0.234 e. The Labute approximate surface area is 159 Å². The maximum absolute atomic E-state index is 12.2. The molecular weight excluding hydrogens is 398 g/mol. The second-order valence-electron chi connectivity index (χ2n) is 5.69. The Balaban J connectivity index is 1.71. The van der Waals surface area contributed by atoms with E-state index in [0.29, 0.717) is 5.75 Å². The van der Waals surface area contributed by atoms with Gasteiger partial charge >= 0.3 is 0 Å². The van der Waals surface area contributed by atoms with E-state index in [1.165, 1.54) is 22.9 Å². The van der Waals surface area contributed by atoms with E-state index in [-0.39, 0.29) is 5.91 Å². The van der Waals surface area contributed by atoms with E-state index in [9.17, 15) is 4.79 Å². The third-order valence-corrected chi connectivity index (χ3v) is 5.37. The van der Waals surface area contributed by atoms with Gasteiger partial charge in [0.05, 0.1) is 17.1 Å². The van der Waals surface area contributed by atoms with Gasteiger partial charge in [0.15, 0.2) is 5.16 Å². The number of aromatic nitrogens is 2. The zero-order valence-electron chi connectivity index (χ0n) is 14.0. The van der Waals surface area contributed by atoms with Gasteiger partial charge in [-0.05, 0) is 59.1 Å². The highest BCUT2D eigenvalue weighted by Gasteiger charge is 2.11. The van der Waals surface area contributed by atoms with Gasteiger partial charge in [0.1, 0.15) is 0 Å². The van der Waals surface area contributed by atoms with Gasteiger partial charge in [0, 0.05) is 16.9 Å². The van der Waals surface area contributed by atoms with Crippen molar-refractivity contribution < 1.29 is 4.79 Å². The fourth-order valence-electron chi connectivity index (χ4n) is 2.44. The summed E-state index contributed by atoms with van der Waals surface area (Å²) in [6, 6.07) is 13.9. The molecule has 1 amide bonds. The molecule has 0 saturated heterocycles. The zero-order chi connectivity index (χ0) is 17.8. The van der Waals surface area contributed by atoms with E-state index < -0.39 is 0 Å². The molecule has 0 radical (unpaired) electrons. The van der Waals surface area contributed by atoms with Crippen LogP contribution in [0.5, 0.6) is 0 Å². The first-order valence-corrected chi connectivity index (χ1v) is 9.60. The number of halogens is 1. The maximum atomic E-state index is 12.2. The molecule has 128 valence electrons. The predicted octanol–water partition coefficient (Wildman–Crippen LogP) is 4.98. The topological polar surface area (TPSA) is 46.9 Å². The van der Waals surface area contributed by atoms with Gasteiger partial charge in [-0.3, -0.25) is 9.36 Å². The first kappa shape index (κ1) is 17.8. The van der Waals surface area contributed by atoms with Crippen LogP contribution < -0.4 is 5.32 Å². The number of para-hydroxylation sites is 1. The molecule has 0 aliphatic heterocycles. The molecular formula is C19H18BrN3OS. The summed E-state index contributed by atoms with van der Waals surface area (Å²) in [6.07, 6.45) is 3.69. The molecule has 3 aromatic rings. The molecule has 2 aromatic carbocycles. The van der Waals surface area contributed by atoms with Gasteiger partial charge in [-0.2, -0.15) is 0 Å². The molecule has 0 bridgehead atoms. The Morgan fingerprint density at radius 1 is 1.24 bits per heavy atom. The molecule has 0 unspecified atom stereocenters. The number of nitrogens with zero attached hydrogens (tertiary/aromatic N) is 2. The van der Waals surface area contributed by atoms with Crippen LogP contribution in [0, 0.1) is 13.8 Å². The van der Waals surface area contributed by atoms with Crippen molar-refractivity contribution in [3.63, 3.8) is 0 Å². The molecule has 0 aliphatic rings. The first-order valence-electron chi connectivity index (χ1n) is 7.83. The summed E-state index contributed by atoms with van der Waals surface area (Å²) in [7, 11) is 0. The van der Waals surface area contributed by atoms with Crippen LogP contribution in [0.2, 0.25) is 0 Å². The minimum Gasteiger partial charge on any atom is -0.324 e. The number of imidazole rings is 1. The summed E-state index contributed by atoms with van der Waals surface area (Å²) in [6.45, 7) is 4.14. The number of thioether (sulfide) groups is 1. The summed E-state index contributed by atoms with van der Waals surface area (Å²) in [4.78, 5) is 16.6. The standard InChI is InChI=1S/C19H18BrN3OS/c1-13-7-8-14(2)17(11-13)23-10-9-21-19(23)25-12-18(24)22-16-6-4-3-5-15(16)20/h3-11H,12H2,1-2H3,(H,22,24). The first-order chi connectivity index (χ1) is 12.0. The van der Waals surface area contributed by atoms with Crippen molar-refractivity contribution in [2.24, 2.45) is 0 Å². The molecule has 0 aliphatic carbocycles. The van der Waals surface area contributed by atoms with Crippen LogP contribution in [-0.4, -0.2) is 21.2 Å². The molecule has 1 heterocycles. The van der Waals surface area contributed by atoms with Gasteiger partial charge < -0.3 is 5.32 Å². The largest absolute Gasteiger partial charge is 0.324 e. The van der Waals surface area contributed by atoms with Crippen molar-refractivity contribution in [2.45, 2.75) is 19.0 Å². The van der Waals surface area contributed by atoms with E-state index in [1.54, 1.807) is 6.20 Å². The van der Waals surface area contributed by atoms with Gasteiger partial charge in [-0.15, -0.1) is 0 Å². The van der Waals surface area contributed by atoms with Crippen molar-refractivity contribution in [1.29, 1.82) is 0 Å². The average Bonchev–Trinajstić information content (AvgIpc) is 3.05. The van der Waals surface area contributed by atoms with Gasteiger partial charge in [-0.25, -0.2) is 4.98 Å². The lowest BCUT2D eigenvalue weighted by atomic mass is 10.1. The minimum absolute atomic E-state index is 0.0626. The fraction of sp³-hybridized carbons (Fsp3) is 0.158. The van der Waals surface area contributed by atoms with Crippen LogP contribution >= 0.6 is 27.7 Å². The third-order valence-electron chi connectivity index (χ3n) is 3.71. The molecule has 1 aromatic heterocycles. The van der Waals surface area contributed by atoms with Crippen molar-refractivity contribution in [2.75, 3.05) is 11.1 Å². The normalized spacial score (nSPS) is 10.7. The molecule has 0 fully saturated rings. The Morgan fingerprint density at radius 3 is 2.84 bits per heavy atom. The summed E-state index contributed by atoms with van der Waals surface area (Å²) < 4.78 is 2.89. The number of anilines is 1. The number of amides is 1. The molecule has 6 heteroatoms. The van der Waals surface area contributed by atoms with Crippen LogP contribution in [0.25, 0.3) is 5.69 Å². The van der Waals surface area contributed by atoms with Crippen LogP contribution in [0.4, 0.5) is 5.69 Å². The van der Waals surface area contributed by atoms with Gasteiger partial charge in [0.2, 0.25) is 5.91 Å². The van der Waals surface area contributed by atoms with Crippen molar-refractivity contribution in [3.8, 4) is 5.69 Å². The summed E-state index contributed by atoms with van der Waals surface area (Å²) >= 11 is 4.85. The van der Waals surface area contributed by atoms with Gasteiger partial charge in [0.25, 0.3) is 0 Å². The lowest BCUT2D eigenvalue weighted by Gasteiger charge is -2.11. The molecule has 25 heavy (non-hydrogen) atoms. The number of hydrogen-bond acceptors (Lipinski definition) is 3. The number of rotatable bonds is 5.